The first-order valence-electron chi connectivity index (χ1n) is 8.14. The molecule has 0 atom stereocenters. The summed E-state index contributed by atoms with van der Waals surface area (Å²) in [6.45, 7) is 0. The van der Waals surface area contributed by atoms with Crippen LogP contribution in [0.2, 0.25) is 0 Å². The second kappa shape index (κ2) is 6.10. The summed E-state index contributed by atoms with van der Waals surface area (Å²) in [7, 11) is 0. The molecule has 0 N–H and O–H groups in total. The Hall–Kier alpha value is -2.50. The summed E-state index contributed by atoms with van der Waals surface area (Å²) in [6.07, 6.45) is 1.75. The van der Waals surface area contributed by atoms with Crippen molar-refractivity contribution in [2.75, 3.05) is 0 Å². The Morgan fingerprint density at radius 2 is 1.44 bits per heavy atom. The average Bonchev–Trinajstić information content (AvgIpc) is 3.36. The zero-order valence-electron chi connectivity index (χ0n) is 13.3. The van der Waals surface area contributed by atoms with E-state index in [-0.39, 0.29) is 0 Å². The Bertz CT molecular complexity index is 1100. The van der Waals surface area contributed by atoms with Crippen LogP contribution in [0.25, 0.3) is 31.2 Å². The van der Waals surface area contributed by atoms with Crippen LogP contribution in [0.15, 0.2) is 65.1 Å². The molecular weight excluding hydrogens is 348 g/mol. The van der Waals surface area contributed by atoms with Gasteiger partial charge in [-0.05, 0) is 36.4 Å². The zero-order chi connectivity index (χ0) is 16.6. The van der Waals surface area contributed by atoms with Crippen LogP contribution in [0, 0.1) is 0 Å². The van der Waals surface area contributed by atoms with Gasteiger partial charge >= 0.3 is 0 Å². The van der Waals surface area contributed by atoms with Crippen molar-refractivity contribution in [1.29, 1.82) is 0 Å². The molecule has 0 radical (unpaired) electrons. The molecule has 5 rings (SSSR count). The van der Waals surface area contributed by atoms with E-state index in [0.717, 1.165) is 45.4 Å². The maximum Gasteiger partial charge on any atom is 0.162 e. The van der Waals surface area contributed by atoms with Crippen molar-refractivity contribution in [3.05, 3.63) is 71.4 Å². The third-order valence-corrected chi connectivity index (χ3v) is 6.24. The van der Waals surface area contributed by atoms with Gasteiger partial charge in [0.1, 0.15) is 5.76 Å². The van der Waals surface area contributed by atoms with Crippen molar-refractivity contribution in [2.24, 2.45) is 0 Å². The van der Waals surface area contributed by atoms with E-state index < -0.39 is 0 Å². The standard InChI is InChI=1S/C20H14N2OS2/c1-3-7-17-14(5-1)21-19(24-17)12-10-13-9-11-16(23-13)20-22-15-6-2-4-8-18(15)25-20/h1-9,11H,10,12H2. The molecule has 3 heterocycles. The molecule has 0 amide bonds. The van der Waals surface area contributed by atoms with Gasteiger partial charge in [-0.2, -0.15) is 0 Å². The Morgan fingerprint density at radius 3 is 2.20 bits per heavy atom. The summed E-state index contributed by atoms with van der Waals surface area (Å²) in [4.78, 5) is 9.35. The van der Waals surface area contributed by atoms with E-state index in [1.165, 1.54) is 9.40 Å². The van der Waals surface area contributed by atoms with Crippen molar-refractivity contribution in [3.8, 4) is 10.8 Å². The molecule has 0 spiro atoms. The summed E-state index contributed by atoms with van der Waals surface area (Å²) < 4.78 is 8.45. The summed E-state index contributed by atoms with van der Waals surface area (Å²) in [6, 6.07) is 20.5. The average molecular weight is 362 g/mol. The monoisotopic (exact) mass is 362 g/mol. The number of hydrogen-bond donors (Lipinski definition) is 0. The van der Waals surface area contributed by atoms with Gasteiger partial charge in [0, 0.05) is 12.8 Å². The first-order valence-corrected chi connectivity index (χ1v) is 9.77. The van der Waals surface area contributed by atoms with Gasteiger partial charge in [0.25, 0.3) is 0 Å². The maximum absolute atomic E-state index is 6.02. The fourth-order valence-electron chi connectivity index (χ4n) is 2.86. The van der Waals surface area contributed by atoms with Crippen LogP contribution in [0.4, 0.5) is 0 Å². The highest BCUT2D eigenvalue weighted by molar-refractivity contribution is 7.21. The third-order valence-electron chi connectivity index (χ3n) is 4.09. The molecule has 0 bridgehead atoms. The normalized spacial score (nSPS) is 11.5. The molecule has 3 nitrogen and oxygen atoms in total. The Kier molecular flexibility index (Phi) is 3.61. The minimum Gasteiger partial charge on any atom is -0.459 e. The van der Waals surface area contributed by atoms with Gasteiger partial charge in [-0.25, -0.2) is 9.97 Å². The van der Waals surface area contributed by atoms with Gasteiger partial charge in [0.05, 0.1) is 25.4 Å². The minimum atomic E-state index is 0.848. The van der Waals surface area contributed by atoms with E-state index in [2.05, 4.69) is 40.3 Å². The van der Waals surface area contributed by atoms with Crippen molar-refractivity contribution < 1.29 is 4.42 Å². The van der Waals surface area contributed by atoms with Crippen molar-refractivity contribution in [3.63, 3.8) is 0 Å². The highest BCUT2D eigenvalue weighted by atomic mass is 32.1. The molecule has 0 aliphatic rings. The number of hydrogen-bond acceptors (Lipinski definition) is 5. The van der Waals surface area contributed by atoms with Crippen LogP contribution in [0.1, 0.15) is 10.8 Å². The van der Waals surface area contributed by atoms with Crippen molar-refractivity contribution in [1.82, 2.24) is 9.97 Å². The predicted molar refractivity (Wildman–Crippen MR) is 104 cm³/mol. The summed E-state index contributed by atoms with van der Waals surface area (Å²) in [5.41, 5.74) is 2.10. The first-order chi connectivity index (χ1) is 12.3. The summed E-state index contributed by atoms with van der Waals surface area (Å²) >= 11 is 3.43. The lowest BCUT2D eigenvalue weighted by atomic mass is 10.2. The molecule has 2 aromatic carbocycles. The molecule has 0 aliphatic carbocycles. The fourth-order valence-corrected chi connectivity index (χ4v) is 4.76. The molecule has 0 aliphatic heterocycles. The largest absolute Gasteiger partial charge is 0.459 e. The molecule has 3 aromatic heterocycles. The van der Waals surface area contributed by atoms with Gasteiger partial charge in [-0.3, -0.25) is 0 Å². The number of aryl methyl sites for hydroxylation is 2. The van der Waals surface area contributed by atoms with E-state index in [1.54, 1.807) is 22.7 Å². The van der Waals surface area contributed by atoms with E-state index in [1.807, 2.05) is 30.3 Å². The quantitative estimate of drug-likeness (QED) is 0.396. The molecule has 5 heteroatoms. The fraction of sp³-hybridized carbons (Fsp3) is 0.100. The Balaban J connectivity index is 1.35. The third kappa shape index (κ3) is 2.86. The number of furan rings is 1. The first kappa shape index (κ1) is 14.8. The van der Waals surface area contributed by atoms with Crippen LogP contribution >= 0.6 is 22.7 Å². The topological polar surface area (TPSA) is 38.9 Å². The molecular formula is C20H14N2OS2. The molecule has 0 saturated carbocycles. The zero-order valence-corrected chi connectivity index (χ0v) is 14.9. The highest BCUT2D eigenvalue weighted by Crippen LogP contribution is 2.31. The molecule has 0 fully saturated rings. The molecule has 0 unspecified atom stereocenters. The van der Waals surface area contributed by atoms with Crippen LogP contribution in [0.3, 0.4) is 0 Å². The van der Waals surface area contributed by atoms with Gasteiger partial charge < -0.3 is 4.42 Å². The lowest BCUT2D eigenvalue weighted by molar-refractivity contribution is 0.521. The van der Waals surface area contributed by atoms with E-state index in [9.17, 15) is 0 Å². The summed E-state index contributed by atoms with van der Waals surface area (Å²) in [5, 5.41) is 2.09. The Labute approximate surface area is 152 Å². The van der Waals surface area contributed by atoms with Gasteiger partial charge in [0.15, 0.2) is 10.8 Å². The minimum absolute atomic E-state index is 0.848. The van der Waals surface area contributed by atoms with Gasteiger partial charge in [0.2, 0.25) is 0 Å². The number of benzene rings is 2. The second-order valence-electron chi connectivity index (χ2n) is 5.83. The van der Waals surface area contributed by atoms with Gasteiger partial charge in [-0.15, -0.1) is 22.7 Å². The molecule has 25 heavy (non-hydrogen) atoms. The SMILES string of the molecule is c1ccc2sc(CCc3ccc(-c4nc5ccccc5s4)o3)nc2c1. The second-order valence-corrected chi connectivity index (χ2v) is 7.97. The number of thiazole rings is 2. The van der Waals surface area contributed by atoms with E-state index in [0.29, 0.717) is 0 Å². The van der Waals surface area contributed by atoms with Crippen LogP contribution < -0.4 is 0 Å². The van der Waals surface area contributed by atoms with Crippen molar-refractivity contribution in [2.45, 2.75) is 12.8 Å². The van der Waals surface area contributed by atoms with Crippen molar-refractivity contribution >= 4 is 43.1 Å². The highest BCUT2D eigenvalue weighted by Gasteiger charge is 2.11. The predicted octanol–water partition coefficient (Wildman–Crippen LogP) is 5.95. The molecule has 5 aromatic rings. The lowest BCUT2D eigenvalue weighted by Crippen LogP contribution is -1.88. The van der Waals surface area contributed by atoms with Crippen LogP contribution in [-0.2, 0) is 12.8 Å². The van der Waals surface area contributed by atoms with Gasteiger partial charge in [-0.1, -0.05) is 24.3 Å². The number of para-hydroxylation sites is 2. The number of fused-ring (bicyclic) bond motifs is 2. The number of rotatable bonds is 4. The number of aromatic nitrogens is 2. The molecule has 0 saturated heterocycles. The summed E-state index contributed by atoms with van der Waals surface area (Å²) in [5.74, 6) is 1.83. The lowest BCUT2D eigenvalue weighted by Gasteiger charge is -1.94. The number of nitrogens with zero attached hydrogens (tertiary/aromatic N) is 2. The molecule has 122 valence electrons. The van der Waals surface area contributed by atoms with Crippen LogP contribution in [0.5, 0.6) is 0 Å². The van der Waals surface area contributed by atoms with E-state index in [4.69, 9.17) is 4.42 Å². The Morgan fingerprint density at radius 1 is 0.720 bits per heavy atom. The van der Waals surface area contributed by atoms with Crippen LogP contribution in [-0.4, -0.2) is 9.97 Å². The van der Waals surface area contributed by atoms with E-state index >= 15 is 0 Å². The maximum atomic E-state index is 6.02. The smallest absolute Gasteiger partial charge is 0.162 e.